The lowest BCUT2D eigenvalue weighted by molar-refractivity contribution is -0.695. The van der Waals surface area contributed by atoms with Crippen LogP contribution in [0.1, 0.15) is 39.5 Å². The number of hydrogen-bond acceptors (Lipinski definition) is 5. The van der Waals surface area contributed by atoms with Gasteiger partial charge in [-0.05, 0) is 26.7 Å². The molecule has 3 aliphatic rings. The predicted octanol–water partition coefficient (Wildman–Crippen LogP) is -0.241. The smallest absolute Gasteiger partial charge is 0.314 e. The van der Waals surface area contributed by atoms with Gasteiger partial charge >= 0.3 is 5.91 Å². The SMILES string of the molecule is CCOC1(OCC)[NH+]=C(N)[C@@]2(C#N)C3(CCCC3)[C@@]12C#N. The van der Waals surface area contributed by atoms with Gasteiger partial charge < -0.3 is 9.47 Å². The highest BCUT2D eigenvalue weighted by Crippen LogP contribution is 2.87. The van der Waals surface area contributed by atoms with E-state index in [0.29, 0.717) is 19.0 Å². The van der Waals surface area contributed by atoms with Gasteiger partial charge in [-0.1, -0.05) is 12.8 Å². The molecule has 0 radical (unpaired) electrons. The number of nitrogens with two attached hydrogens (primary N) is 1. The van der Waals surface area contributed by atoms with Crippen LogP contribution in [0.25, 0.3) is 0 Å². The van der Waals surface area contributed by atoms with Crippen molar-refractivity contribution in [3.8, 4) is 12.1 Å². The number of nitriles is 2. The van der Waals surface area contributed by atoms with Crippen molar-refractivity contribution in [1.82, 2.24) is 0 Å². The standard InChI is InChI=1S/C15H20N4O2/c1-3-20-15(21-4-2)14(10-17)12(7-5-6-8-12)13(14,9-16)11(18)19-15/h3-8H2,1-2H3,(H2,18,19)/p+1/t13-,14+/m0/s1. The molecular formula is C15H21N4O2+. The summed E-state index contributed by atoms with van der Waals surface area (Å²) in [6.45, 7) is 4.45. The van der Waals surface area contributed by atoms with Crippen LogP contribution >= 0.6 is 0 Å². The highest BCUT2D eigenvalue weighted by Gasteiger charge is 3.03. The first-order chi connectivity index (χ1) is 10.1. The largest absolute Gasteiger partial charge is 0.343 e. The van der Waals surface area contributed by atoms with Gasteiger partial charge in [-0.2, -0.15) is 10.5 Å². The minimum absolute atomic E-state index is 0.329. The lowest BCUT2D eigenvalue weighted by atomic mass is 9.88. The molecule has 0 saturated heterocycles. The highest BCUT2D eigenvalue weighted by atomic mass is 16.7. The third kappa shape index (κ3) is 1.12. The van der Waals surface area contributed by atoms with Gasteiger partial charge in [0.2, 0.25) is 0 Å². The molecule has 0 amide bonds. The van der Waals surface area contributed by atoms with Crippen molar-refractivity contribution in [1.29, 1.82) is 10.5 Å². The average Bonchev–Trinajstić information content (AvgIpc) is 2.73. The van der Waals surface area contributed by atoms with Crippen molar-refractivity contribution in [3.05, 3.63) is 0 Å². The fraction of sp³-hybridized carbons (Fsp3) is 0.800. The van der Waals surface area contributed by atoms with E-state index in [1.54, 1.807) is 0 Å². The zero-order chi connectivity index (χ0) is 15.4. The van der Waals surface area contributed by atoms with E-state index in [0.717, 1.165) is 25.7 Å². The predicted molar refractivity (Wildman–Crippen MR) is 73.1 cm³/mol. The molecule has 6 nitrogen and oxygen atoms in total. The van der Waals surface area contributed by atoms with Crippen molar-refractivity contribution < 1.29 is 14.5 Å². The van der Waals surface area contributed by atoms with Crippen molar-refractivity contribution in [2.24, 2.45) is 22.0 Å². The number of nitrogens with zero attached hydrogens (tertiary/aromatic N) is 2. The maximum atomic E-state index is 10.0. The van der Waals surface area contributed by atoms with Crippen LogP contribution in [0.4, 0.5) is 0 Å². The first-order valence-corrected chi connectivity index (χ1v) is 7.59. The van der Waals surface area contributed by atoms with Crippen LogP contribution in [-0.4, -0.2) is 25.0 Å². The Labute approximate surface area is 124 Å². The van der Waals surface area contributed by atoms with Crippen LogP contribution in [-0.2, 0) is 9.47 Å². The number of rotatable bonds is 4. The van der Waals surface area contributed by atoms with Gasteiger partial charge in [0.05, 0.1) is 25.4 Å². The summed E-state index contributed by atoms with van der Waals surface area (Å²) in [6, 6.07) is 4.75. The Balaban J connectivity index is 2.23. The quantitative estimate of drug-likeness (QED) is 0.695. The molecule has 0 aromatic rings. The zero-order valence-corrected chi connectivity index (χ0v) is 12.5. The molecule has 1 spiro atoms. The van der Waals surface area contributed by atoms with Crippen LogP contribution < -0.4 is 10.7 Å². The maximum absolute atomic E-state index is 10.0. The van der Waals surface area contributed by atoms with Crippen LogP contribution in [0.5, 0.6) is 0 Å². The molecule has 0 unspecified atom stereocenters. The van der Waals surface area contributed by atoms with Crippen molar-refractivity contribution in [3.63, 3.8) is 0 Å². The Morgan fingerprint density at radius 2 is 1.71 bits per heavy atom. The van der Waals surface area contributed by atoms with E-state index in [-0.39, 0.29) is 0 Å². The molecule has 3 N–H and O–H groups in total. The normalized spacial score (nSPS) is 37.6. The molecule has 0 aromatic carbocycles. The number of fused-ring (bicyclic) bond motifs is 3. The van der Waals surface area contributed by atoms with E-state index in [9.17, 15) is 10.5 Å². The second kappa shape index (κ2) is 4.19. The molecule has 1 heterocycles. The Morgan fingerprint density at radius 1 is 1.14 bits per heavy atom. The number of ether oxygens (including phenoxy) is 2. The van der Waals surface area contributed by atoms with Gasteiger partial charge in [0.1, 0.15) is 0 Å². The molecule has 21 heavy (non-hydrogen) atoms. The molecule has 112 valence electrons. The zero-order valence-electron chi connectivity index (χ0n) is 12.5. The fourth-order valence-electron chi connectivity index (χ4n) is 5.06. The van der Waals surface area contributed by atoms with E-state index in [2.05, 4.69) is 17.1 Å². The average molecular weight is 289 g/mol. The first kappa shape index (κ1) is 14.3. The van der Waals surface area contributed by atoms with E-state index >= 15 is 0 Å². The van der Waals surface area contributed by atoms with E-state index in [1.165, 1.54) is 0 Å². The van der Waals surface area contributed by atoms with Gasteiger partial charge in [0, 0.05) is 5.41 Å². The van der Waals surface area contributed by atoms with Crippen molar-refractivity contribution in [2.75, 3.05) is 13.2 Å². The van der Waals surface area contributed by atoms with Gasteiger partial charge in [-0.25, -0.2) is 4.99 Å². The Hall–Kier alpha value is -1.63. The summed E-state index contributed by atoms with van der Waals surface area (Å²) in [5, 5.41) is 19.9. The monoisotopic (exact) mass is 289 g/mol. The summed E-state index contributed by atoms with van der Waals surface area (Å²) in [5.41, 5.74) is 3.68. The molecule has 6 heteroatoms. The number of hydrogen-bond donors (Lipinski definition) is 2. The molecular weight excluding hydrogens is 268 g/mol. The molecule has 2 saturated carbocycles. The number of nitrogens with one attached hydrogen (secondary N) is 1. The Morgan fingerprint density at radius 3 is 2.14 bits per heavy atom. The van der Waals surface area contributed by atoms with Crippen LogP contribution in [0.2, 0.25) is 0 Å². The third-order valence-corrected chi connectivity index (χ3v) is 5.62. The molecule has 0 aromatic heterocycles. The van der Waals surface area contributed by atoms with Crippen molar-refractivity contribution >= 4 is 5.84 Å². The van der Waals surface area contributed by atoms with Gasteiger partial charge in [-0.15, -0.1) is 0 Å². The second-order valence-electron chi connectivity index (χ2n) is 6.03. The Kier molecular flexibility index (Phi) is 2.86. The van der Waals surface area contributed by atoms with E-state index in [1.807, 2.05) is 13.8 Å². The summed E-state index contributed by atoms with van der Waals surface area (Å²) >= 11 is 0. The lowest BCUT2D eigenvalue weighted by Gasteiger charge is -2.31. The van der Waals surface area contributed by atoms with Gasteiger partial charge in [0.15, 0.2) is 10.8 Å². The fourth-order valence-corrected chi connectivity index (χ4v) is 5.06. The summed E-state index contributed by atoms with van der Waals surface area (Å²) in [5.74, 6) is -0.981. The molecule has 2 atom stereocenters. The minimum atomic E-state index is -1.31. The second-order valence-corrected chi connectivity index (χ2v) is 6.03. The lowest BCUT2D eigenvalue weighted by Crippen LogP contribution is -2.91. The first-order valence-electron chi connectivity index (χ1n) is 7.59. The third-order valence-electron chi connectivity index (χ3n) is 5.62. The molecule has 0 bridgehead atoms. The van der Waals surface area contributed by atoms with Crippen LogP contribution in [0.15, 0.2) is 0 Å². The molecule has 2 aliphatic carbocycles. The summed E-state index contributed by atoms with van der Waals surface area (Å²) in [4.78, 5) is 3.01. The summed E-state index contributed by atoms with van der Waals surface area (Å²) < 4.78 is 11.7. The molecule has 2 fully saturated rings. The summed E-state index contributed by atoms with van der Waals surface area (Å²) in [7, 11) is 0. The van der Waals surface area contributed by atoms with Gasteiger partial charge in [0.25, 0.3) is 5.84 Å². The minimum Gasteiger partial charge on any atom is -0.314 e. The van der Waals surface area contributed by atoms with E-state index < -0.39 is 22.2 Å². The Bertz CT molecular complexity index is 575. The maximum Gasteiger partial charge on any atom is 0.343 e. The molecule has 1 aliphatic heterocycles. The topological polar surface area (TPSA) is 106 Å². The number of amidine groups is 1. The summed E-state index contributed by atoms with van der Waals surface area (Å²) in [6.07, 6.45) is 3.65. The van der Waals surface area contributed by atoms with Crippen LogP contribution in [0, 0.1) is 38.9 Å². The molecule has 3 rings (SSSR count). The van der Waals surface area contributed by atoms with E-state index in [4.69, 9.17) is 15.2 Å². The highest BCUT2D eigenvalue weighted by molar-refractivity contribution is 5.95. The van der Waals surface area contributed by atoms with Crippen LogP contribution in [0.3, 0.4) is 0 Å². The van der Waals surface area contributed by atoms with Crippen molar-refractivity contribution in [2.45, 2.75) is 45.4 Å². The van der Waals surface area contributed by atoms with Gasteiger partial charge in [-0.3, -0.25) is 5.73 Å².